The molecule has 0 spiro atoms. The lowest BCUT2D eigenvalue weighted by Gasteiger charge is -2.42. The van der Waals surface area contributed by atoms with Gasteiger partial charge in [-0.1, -0.05) is 18.2 Å². The van der Waals surface area contributed by atoms with Gasteiger partial charge in [0.05, 0.1) is 38.5 Å². The number of methoxy groups -OCH3 is 2. The van der Waals surface area contributed by atoms with Crippen molar-refractivity contribution in [2.75, 3.05) is 32.6 Å². The standard InChI is InChI=1S/C33H42F4N4O5S/c1-21(34)32(47(42,43)41(31-14-15-38-20-39-31)19-25-10-12-27(44-5)18-30(25)45-6)22(2)46-29-13-11-24(17-28(29)40(3)4)23-8-7-9-26(16-23)33(35,36)37/h7-10,12,14-16,18,20-22,24,28-29,32H,11,13,17,19H2,1-6H3/t21?,22?,24-,28-,29-,32+/m0/s1. The van der Waals surface area contributed by atoms with Crippen molar-refractivity contribution in [1.82, 2.24) is 14.9 Å². The fourth-order valence-electron chi connectivity index (χ4n) is 6.32. The summed E-state index contributed by atoms with van der Waals surface area (Å²) in [5.41, 5.74) is 0.384. The van der Waals surface area contributed by atoms with E-state index in [9.17, 15) is 21.6 Å². The molecule has 0 saturated heterocycles. The van der Waals surface area contributed by atoms with E-state index >= 15 is 4.39 Å². The van der Waals surface area contributed by atoms with E-state index < -0.39 is 45.4 Å². The Morgan fingerprint density at radius 2 is 1.77 bits per heavy atom. The first-order valence-electron chi connectivity index (χ1n) is 15.3. The monoisotopic (exact) mass is 682 g/mol. The van der Waals surface area contributed by atoms with Gasteiger partial charge in [0.1, 0.15) is 35.1 Å². The Morgan fingerprint density at radius 3 is 2.36 bits per heavy atom. The van der Waals surface area contributed by atoms with Crippen LogP contribution in [0.25, 0.3) is 0 Å². The Kier molecular flexibility index (Phi) is 11.7. The second-order valence-corrected chi connectivity index (χ2v) is 14.0. The number of halogens is 4. The first kappa shape index (κ1) is 36.3. The summed E-state index contributed by atoms with van der Waals surface area (Å²) < 4.78 is 103. The third-order valence-corrected chi connectivity index (χ3v) is 11.1. The molecule has 1 aliphatic rings. The van der Waals surface area contributed by atoms with Gasteiger partial charge in [-0.15, -0.1) is 0 Å². The van der Waals surface area contributed by atoms with Gasteiger partial charge in [-0.3, -0.25) is 0 Å². The van der Waals surface area contributed by atoms with Crippen LogP contribution in [0.5, 0.6) is 11.5 Å². The molecule has 1 aromatic heterocycles. The molecule has 1 fully saturated rings. The van der Waals surface area contributed by atoms with E-state index in [4.69, 9.17) is 14.2 Å². The normalized spacial score (nSPS) is 20.8. The van der Waals surface area contributed by atoms with Gasteiger partial charge in [0.25, 0.3) is 0 Å². The number of benzene rings is 2. The zero-order valence-corrected chi connectivity index (χ0v) is 28.1. The van der Waals surface area contributed by atoms with Gasteiger partial charge in [-0.25, -0.2) is 27.1 Å². The molecule has 3 aromatic rings. The summed E-state index contributed by atoms with van der Waals surface area (Å²) in [5, 5.41) is -1.62. The highest BCUT2D eigenvalue weighted by atomic mass is 32.2. The van der Waals surface area contributed by atoms with Crippen molar-refractivity contribution in [2.45, 2.75) is 81.4 Å². The molecule has 14 heteroatoms. The van der Waals surface area contributed by atoms with E-state index in [1.807, 2.05) is 19.0 Å². The summed E-state index contributed by atoms with van der Waals surface area (Å²) in [6.45, 7) is 2.50. The number of hydrogen-bond donors (Lipinski definition) is 0. The lowest BCUT2D eigenvalue weighted by molar-refractivity contribution is -0.137. The molecule has 0 bridgehead atoms. The van der Waals surface area contributed by atoms with E-state index in [0.29, 0.717) is 41.9 Å². The minimum Gasteiger partial charge on any atom is -0.497 e. The highest BCUT2D eigenvalue weighted by Crippen LogP contribution is 2.40. The van der Waals surface area contributed by atoms with E-state index in [0.717, 1.165) is 10.4 Å². The summed E-state index contributed by atoms with van der Waals surface area (Å²) in [4.78, 5) is 9.99. The van der Waals surface area contributed by atoms with E-state index in [1.54, 1.807) is 24.3 Å². The van der Waals surface area contributed by atoms with Crippen molar-refractivity contribution in [3.63, 3.8) is 0 Å². The van der Waals surface area contributed by atoms with Gasteiger partial charge in [0.2, 0.25) is 10.0 Å². The maximum absolute atomic E-state index is 15.5. The van der Waals surface area contributed by atoms with E-state index in [-0.39, 0.29) is 24.3 Å². The molecule has 258 valence electrons. The smallest absolute Gasteiger partial charge is 0.416 e. The van der Waals surface area contributed by atoms with Crippen LogP contribution in [0.15, 0.2) is 61.1 Å². The summed E-state index contributed by atoms with van der Waals surface area (Å²) >= 11 is 0. The second-order valence-electron chi connectivity index (χ2n) is 12.0. The average Bonchev–Trinajstić information content (AvgIpc) is 3.03. The van der Waals surface area contributed by atoms with Gasteiger partial charge >= 0.3 is 6.18 Å². The van der Waals surface area contributed by atoms with Gasteiger partial charge in [-0.2, -0.15) is 13.2 Å². The molecule has 0 radical (unpaired) electrons. The van der Waals surface area contributed by atoms with Crippen molar-refractivity contribution in [3.05, 3.63) is 77.7 Å². The maximum atomic E-state index is 15.5. The maximum Gasteiger partial charge on any atom is 0.416 e. The Hall–Kier alpha value is -3.49. The number of sulfonamides is 1. The molecule has 0 aliphatic heterocycles. The van der Waals surface area contributed by atoms with E-state index in [1.165, 1.54) is 58.8 Å². The molecule has 2 aromatic carbocycles. The molecule has 9 nitrogen and oxygen atoms in total. The van der Waals surface area contributed by atoms with E-state index in [2.05, 4.69) is 9.97 Å². The van der Waals surface area contributed by atoms with Crippen LogP contribution in [0, 0.1) is 0 Å². The Bertz CT molecular complexity index is 1580. The van der Waals surface area contributed by atoms with Crippen LogP contribution in [0.4, 0.5) is 23.4 Å². The van der Waals surface area contributed by atoms with Gasteiger partial charge in [0, 0.05) is 29.9 Å². The third-order valence-electron chi connectivity index (χ3n) is 8.69. The first-order chi connectivity index (χ1) is 22.2. The fraction of sp³-hybridized carbons (Fsp3) is 0.515. The topological polar surface area (TPSA) is 94.1 Å². The average molecular weight is 683 g/mol. The van der Waals surface area contributed by atoms with Crippen molar-refractivity contribution in [3.8, 4) is 11.5 Å². The van der Waals surface area contributed by atoms with Crippen LogP contribution < -0.4 is 13.8 Å². The Morgan fingerprint density at radius 1 is 1.02 bits per heavy atom. The minimum absolute atomic E-state index is 0.0449. The van der Waals surface area contributed by atoms with Crippen LogP contribution in [0.2, 0.25) is 0 Å². The molecule has 1 aliphatic carbocycles. The number of nitrogens with zero attached hydrogens (tertiary/aromatic N) is 4. The molecule has 0 N–H and O–H groups in total. The third kappa shape index (κ3) is 8.52. The van der Waals surface area contributed by atoms with Crippen molar-refractivity contribution < 1.29 is 40.2 Å². The fourth-order valence-corrected chi connectivity index (χ4v) is 8.32. The van der Waals surface area contributed by atoms with Crippen LogP contribution in [0.1, 0.15) is 55.7 Å². The second kappa shape index (κ2) is 15.2. The summed E-state index contributed by atoms with van der Waals surface area (Å²) in [5.74, 6) is 0.771. The summed E-state index contributed by atoms with van der Waals surface area (Å²) in [6, 6.07) is 11.5. The van der Waals surface area contributed by atoms with Crippen LogP contribution in [-0.2, 0) is 27.5 Å². The number of ether oxygens (including phenoxy) is 3. The zero-order valence-electron chi connectivity index (χ0n) is 27.3. The number of rotatable bonds is 13. The zero-order chi connectivity index (χ0) is 34.5. The quantitative estimate of drug-likeness (QED) is 0.196. The number of anilines is 1. The van der Waals surface area contributed by atoms with Gasteiger partial charge < -0.3 is 19.1 Å². The SMILES string of the molecule is COc1ccc(CN(c2ccncn2)S(=O)(=O)[C@H](C(C)F)C(C)O[C@H]2CC[C@H](c3cccc(C(F)(F)F)c3)C[C@@H]2N(C)C)c(OC)c1. The molecular formula is C33H42F4N4O5S. The van der Waals surface area contributed by atoms with Gasteiger partial charge in [0.15, 0.2) is 0 Å². The van der Waals surface area contributed by atoms with Crippen LogP contribution >= 0.6 is 0 Å². The lowest BCUT2D eigenvalue weighted by atomic mass is 9.79. The highest BCUT2D eigenvalue weighted by Gasteiger charge is 2.44. The molecule has 4 rings (SSSR count). The minimum atomic E-state index is -4.48. The Balaban J connectivity index is 1.61. The van der Waals surface area contributed by atoms with Crippen molar-refractivity contribution in [2.24, 2.45) is 0 Å². The van der Waals surface area contributed by atoms with Crippen LogP contribution in [0.3, 0.4) is 0 Å². The lowest BCUT2D eigenvalue weighted by Crippen LogP contribution is -2.52. The predicted octanol–water partition coefficient (Wildman–Crippen LogP) is 6.25. The molecule has 1 saturated carbocycles. The molecule has 1 heterocycles. The number of aromatic nitrogens is 2. The number of alkyl halides is 4. The first-order valence-corrected chi connectivity index (χ1v) is 16.8. The largest absolute Gasteiger partial charge is 0.497 e. The van der Waals surface area contributed by atoms with Crippen molar-refractivity contribution >= 4 is 15.8 Å². The molecule has 6 atom stereocenters. The molecule has 0 amide bonds. The van der Waals surface area contributed by atoms with Crippen molar-refractivity contribution in [1.29, 1.82) is 0 Å². The number of hydrogen-bond acceptors (Lipinski definition) is 8. The molecular weight excluding hydrogens is 640 g/mol. The molecule has 2 unspecified atom stereocenters. The Labute approximate surface area is 273 Å². The summed E-state index contributed by atoms with van der Waals surface area (Å²) in [7, 11) is 2.15. The number of likely N-dealkylation sites (N-methyl/N-ethyl adjacent to an activating group) is 1. The molecule has 47 heavy (non-hydrogen) atoms. The highest BCUT2D eigenvalue weighted by molar-refractivity contribution is 7.93. The van der Waals surface area contributed by atoms with Gasteiger partial charge in [-0.05, 0) is 76.9 Å². The van der Waals surface area contributed by atoms with Crippen LogP contribution in [-0.4, -0.2) is 81.3 Å². The predicted molar refractivity (Wildman–Crippen MR) is 171 cm³/mol. The summed E-state index contributed by atoms with van der Waals surface area (Å²) in [6.07, 6.45) is -3.82.